The average Bonchev–Trinajstić information content (AvgIpc) is 2.70. The van der Waals surface area contributed by atoms with Crippen molar-refractivity contribution in [2.75, 3.05) is 18.6 Å². The highest BCUT2D eigenvalue weighted by Gasteiger charge is 2.29. The van der Waals surface area contributed by atoms with Crippen LogP contribution in [0.4, 0.5) is 13.2 Å². The highest BCUT2D eigenvalue weighted by molar-refractivity contribution is 7.99. The van der Waals surface area contributed by atoms with E-state index in [2.05, 4.69) is 10.3 Å². The molecule has 0 fully saturated rings. The molecule has 0 saturated heterocycles. The van der Waals surface area contributed by atoms with Crippen LogP contribution < -0.4 is 5.32 Å². The van der Waals surface area contributed by atoms with Gasteiger partial charge in [-0.25, -0.2) is 13.2 Å². The van der Waals surface area contributed by atoms with E-state index in [9.17, 15) is 22.8 Å². The van der Waals surface area contributed by atoms with Crippen LogP contribution in [-0.2, 0) is 24.3 Å². The lowest BCUT2D eigenvalue weighted by Gasteiger charge is -2.30. The Morgan fingerprint density at radius 1 is 1.24 bits per heavy atom. The van der Waals surface area contributed by atoms with Crippen molar-refractivity contribution >= 4 is 23.6 Å². The fraction of sp³-hybridized carbons (Fsp3) is 0.350. The van der Waals surface area contributed by atoms with Crippen LogP contribution in [0.3, 0.4) is 0 Å². The number of benzene rings is 1. The zero-order valence-corrected chi connectivity index (χ0v) is 16.8. The van der Waals surface area contributed by atoms with Gasteiger partial charge in [0, 0.05) is 31.5 Å². The maximum Gasteiger partial charge on any atom is 0.260 e. The van der Waals surface area contributed by atoms with Crippen LogP contribution in [0, 0.1) is 24.4 Å². The molecule has 1 aliphatic heterocycles. The second-order valence-electron chi connectivity index (χ2n) is 6.73. The predicted octanol–water partition coefficient (Wildman–Crippen LogP) is 2.99. The number of carbonyl (C=O) groups excluding carboxylic acids is 2. The molecule has 1 N–H and O–H groups in total. The van der Waals surface area contributed by atoms with Gasteiger partial charge in [-0.1, -0.05) is 0 Å². The van der Waals surface area contributed by atoms with Crippen molar-refractivity contribution in [3.63, 3.8) is 0 Å². The molecule has 9 heteroatoms. The standard InChI is InChI=1S/C20H20F3N3O2S/c1-11-14(8-25-17(27)10-29-2)13-5-6-26(9-12(13)7-24-11)20(28)18-15(21)3-4-16(22)19(18)23/h3-4,7H,5-6,8-10H2,1-2H3,(H,25,27). The number of rotatable bonds is 5. The Morgan fingerprint density at radius 2 is 1.97 bits per heavy atom. The van der Waals surface area contributed by atoms with Gasteiger partial charge in [-0.2, -0.15) is 11.8 Å². The first kappa shape index (κ1) is 21.2. The first-order chi connectivity index (χ1) is 13.8. The minimum absolute atomic E-state index is 0.0841. The van der Waals surface area contributed by atoms with Crippen molar-refractivity contribution in [3.8, 4) is 0 Å². The SMILES string of the molecule is CSCC(=O)NCc1c(C)ncc2c1CCN(C(=O)c1c(F)ccc(F)c1F)C2. The molecular formula is C20H20F3N3O2S. The van der Waals surface area contributed by atoms with Gasteiger partial charge in [0.15, 0.2) is 11.6 Å². The molecule has 1 aromatic heterocycles. The molecule has 1 aliphatic rings. The van der Waals surface area contributed by atoms with E-state index in [1.54, 1.807) is 6.20 Å². The monoisotopic (exact) mass is 423 g/mol. The summed E-state index contributed by atoms with van der Waals surface area (Å²) >= 11 is 1.42. The highest BCUT2D eigenvalue weighted by Crippen LogP contribution is 2.26. The molecule has 0 atom stereocenters. The number of aryl methyl sites for hydroxylation is 1. The Balaban J connectivity index is 1.83. The number of hydrogen-bond donors (Lipinski definition) is 1. The Kier molecular flexibility index (Phi) is 6.46. The van der Waals surface area contributed by atoms with Crippen molar-refractivity contribution in [3.05, 3.63) is 63.7 Å². The second-order valence-corrected chi connectivity index (χ2v) is 7.60. The third kappa shape index (κ3) is 4.39. The van der Waals surface area contributed by atoms with Gasteiger partial charge in [0.05, 0.1) is 5.75 Å². The van der Waals surface area contributed by atoms with Crippen molar-refractivity contribution in [1.29, 1.82) is 0 Å². The summed E-state index contributed by atoms with van der Waals surface area (Å²) in [5.41, 5.74) is 2.47. The molecule has 0 radical (unpaired) electrons. The third-order valence-corrected chi connectivity index (χ3v) is 5.43. The fourth-order valence-electron chi connectivity index (χ4n) is 3.38. The number of halogens is 3. The third-order valence-electron chi connectivity index (χ3n) is 4.88. The van der Waals surface area contributed by atoms with E-state index >= 15 is 0 Å². The van der Waals surface area contributed by atoms with Gasteiger partial charge in [0.25, 0.3) is 5.91 Å². The predicted molar refractivity (Wildman–Crippen MR) is 104 cm³/mol. The number of carbonyl (C=O) groups is 2. The highest BCUT2D eigenvalue weighted by atomic mass is 32.2. The lowest BCUT2D eigenvalue weighted by atomic mass is 9.94. The number of pyridine rings is 1. The Bertz CT molecular complexity index is 968. The van der Waals surface area contributed by atoms with Gasteiger partial charge in [-0.3, -0.25) is 14.6 Å². The van der Waals surface area contributed by atoms with Crippen molar-refractivity contribution in [1.82, 2.24) is 15.2 Å². The largest absolute Gasteiger partial charge is 0.351 e. The number of fused-ring (bicyclic) bond motifs is 1. The van der Waals surface area contributed by atoms with Crippen molar-refractivity contribution in [2.24, 2.45) is 0 Å². The molecule has 0 unspecified atom stereocenters. The molecule has 2 amide bonds. The van der Waals surface area contributed by atoms with Crippen molar-refractivity contribution < 1.29 is 22.8 Å². The molecule has 5 nitrogen and oxygen atoms in total. The minimum Gasteiger partial charge on any atom is -0.351 e. The van der Waals surface area contributed by atoms with Gasteiger partial charge < -0.3 is 10.2 Å². The maximum atomic E-state index is 14.0. The van der Waals surface area contributed by atoms with E-state index in [4.69, 9.17) is 0 Å². The molecule has 2 heterocycles. The van der Waals surface area contributed by atoms with Crippen LogP contribution in [0.2, 0.25) is 0 Å². The molecule has 0 aliphatic carbocycles. The quantitative estimate of drug-likeness (QED) is 0.752. The average molecular weight is 423 g/mol. The van der Waals surface area contributed by atoms with Gasteiger partial charge >= 0.3 is 0 Å². The minimum atomic E-state index is -1.49. The van der Waals surface area contributed by atoms with Crippen LogP contribution in [0.15, 0.2) is 18.3 Å². The Morgan fingerprint density at radius 3 is 2.69 bits per heavy atom. The molecular weight excluding hydrogens is 403 g/mol. The number of nitrogens with zero attached hydrogens (tertiary/aromatic N) is 2. The zero-order valence-electron chi connectivity index (χ0n) is 16.0. The molecule has 0 spiro atoms. The van der Waals surface area contributed by atoms with E-state index in [1.807, 2.05) is 13.2 Å². The summed E-state index contributed by atoms with van der Waals surface area (Å²) in [6, 6.07) is 1.39. The molecule has 0 saturated carbocycles. The van der Waals surface area contributed by atoms with E-state index in [-0.39, 0.29) is 19.0 Å². The van der Waals surface area contributed by atoms with E-state index in [0.29, 0.717) is 24.8 Å². The Hall–Kier alpha value is -2.55. The van der Waals surface area contributed by atoms with Crippen LogP contribution in [0.25, 0.3) is 0 Å². The smallest absolute Gasteiger partial charge is 0.260 e. The summed E-state index contributed by atoms with van der Waals surface area (Å²) < 4.78 is 41.5. The molecule has 3 rings (SSSR count). The van der Waals surface area contributed by atoms with Gasteiger partial charge in [0.1, 0.15) is 11.4 Å². The number of thioether (sulfide) groups is 1. The van der Waals surface area contributed by atoms with Crippen LogP contribution in [0.1, 0.15) is 32.7 Å². The molecule has 154 valence electrons. The van der Waals surface area contributed by atoms with E-state index in [0.717, 1.165) is 28.5 Å². The number of hydrogen-bond acceptors (Lipinski definition) is 4. The number of nitrogens with one attached hydrogen (secondary N) is 1. The molecule has 0 bridgehead atoms. The summed E-state index contributed by atoms with van der Waals surface area (Å²) in [6.07, 6.45) is 3.90. The van der Waals surface area contributed by atoms with Crippen LogP contribution in [0.5, 0.6) is 0 Å². The van der Waals surface area contributed by atoms with Gasteiger partial charge in [-0.15, -0.1) is 0 Å². The van der Waals surface area contributed by atoms with Crippen molar-refractivity contribution in [2.45, 2.75) is 26.4 Å². The number of amides is 2. The maximum absolute atomic E-state index is 14.0. The number of aromatic nitrogens is 1. The van der Waals surface area contributed by atoms with E-state index in [1.165, 1.54) is 16.7 Å². The summed E-state index contributed by atoms with van der Waals surface area (Å²) in [7, 11) is 0. The molecule has 2 aromatic rings. The van der Waals surface area contributed by atoms with Gasteiger partial charge in [0.2, 0.25) is 5.91 Å². The first-order valence-electron chi connectivity index (χ1n) is 8.98. The van der Waals surface area contributed by atoms with Crippen LogP contribution >= 0.6 is 11.8 Å². The topological polar surface area (TPSA) is 62.3 Å². The summed E-state index contributed by atoms with van der Waals surface area (Å²) in [4.78, 5) is 30.0. The normalized spacial score (nSPS) is 13.2. The lowest BCUT2D eigenvalue weighted by molar-refractivity contribution is -0.118. The van der Waals surface area contributed by atoms with Gasteiger partial charge in [-0.05, 0) is 48.4 Å². The fourth-order valence-corrected chi connectivity index (χ4v) is 3.74. The van der Waals surface area contributed by atoms with E-state index < -0.39 is 28.9 Å². The summed E-state index contributed by atoms with van der Waals surface area (Å²) in [5, 5.41) is 2.85. The first-order valence-corrected chi connectivity index (χ1v) is 10.4. The van der Waals surface area contributed by atoms with Crippen LogP contribution in [-0.4, -0.2) is 40.3 Å². The zero-order chi connectivity index (χ0) is 21.1. The summed E-state index contributed by atoms with van der Waals surface area (Å²) in [5.74, 6) is -4.49. The second kappa shape index (κ2) is 8.86. The lowest BCUT2D eigenvalue weighted by Crippen LogP contribution is -2.38. The Labute approximate surface area is 170 Å². The molecule has 1 aromatic carbocycles. The molecule has 29 heavy (non-hydrogen) atoms. The summed E-state index contributed by atoms with van der Waals surface area (Å²) in [6.45, 7) is 2.48.